The minimum Gasteiger partial charge on any atom is -0.497 e. The number of methoxy groups -OCH3 is 4. The molecule has 1 atom stereocenters. The number of benzene rings is 2. The monoisotopic (exact) mass is 426 g/mol. The Balaban J connectivity index is 1.94. The summed E-state index contributed by atoms with van der Waals surface area (Å²) in [5, 5.41) is 7.00. The van der Waals surface area contributed by atoms with Crippen LogP contribution >= 0.6 is 0 Å². The van der Waals surface area contributed by atoms with Crippen LogP contribution in [0.3, 0.4) is 0 Å². The number of hydrogen-bond acceptors (Lipinski definition) is 7. The van der Waals surface area contributed by atoms with E-state index in [1.807, 2.05) is 31.2 Å². The maximum atomic E-state index is 13.1. The second-order valence-corrected chi connectivity index (χ2v) is 6.85. The number of aryl methyl sites for hydroxylation is 1. The number of nitrogens with zero attached hydrogens (tertiary/aromatic N) is 1. The molecule has 0 radical (unpaired) electrons. The minimum absolute atomic E-state index is 0.236. The third-order valence-electron chi connectivity index (χ3n) is 4.98. The lowest BCUT2D eigenvalue weighted by atomic mass is 10.0. The molecule has 8 heteroatoms. The Labute approximate surface area is 181 Å². The largest absolute Gasteiger partial charge is 0.497 e. The molecule has 3 rings (SSSR count). The Kier molecular flexibility index (Phi) is 6.69. The molecule has 0 aliphatic carbocycles. The minimum atomic E-state index is -0.300. The highest BCUT2D eigenvalue weighted by Crippen LogP contribution is 2.42. The van der Waals surface area contributed by atoms with Gasteiger partial charge in [0.05, 0.1) is 40.2 Å². The molecule has 1 heterocycles. The zero-order chi connectivity index (χ0) is 22.5. The molecule has 1 N–H and O–H groups in total. The van der Waals surface area contributed by atoms with Gasteiger partial charge in [-0.1, -0.05) is 17.3 Å². The van der Waals surface area contributed by atoms with Crippen molar-refractivity contribution in [3.63, 3.8) is 0 Å². The molecule has 8 nitrogen and oxygen atoms in total. The van der Waals surface area contributed by atoms with Crippen LogP contribution in [-0.4, -0.2) is 39.5 Å². The lowest BCUT2D eigenvalue weighted by molar-refractivity contribution is 0.0939. The van der Waals surface area contributed by atoms with Crippen LogP contribution in [-0.2, 0) is 0 Å². The van der Waals surface area contributed by atoms with Crippen LogP contribution in [0, 0.1) is 6.92 Å². The van der Waals surface area contributed by atoms with E-state index in [1.54, 1.807) is 26.2 Å². The molecule has 0 bridgehead atoms. The average molecular weight is 426 g/mol. The summed E-state index contributed by atoms with van der Waals surface area (Å²) in [5.74, 6) is 2.11. The lowest BCUT2D eigenvalue weighted by Gasteiger charge is -2.16. The Morgan fingerprint density at radius 2 is 1.58 bits per heavy atom. The van der Waals surface area contributed by atoms with Gasteiger partial charge in [-0.3, -0.25) is 4.79 Å². The van der Waals surface area contributed by atoms with Crippen molar-refractivity contribution >= 4 is 5.91 Å². The number of carbonyl (C=O) groups is 1. The van der Waals surface area contributed by atoms with Gasteiger partial charge in [0, 0.05) is 5.56 Å². The highest BCUT2D eigenvalue weighted by molar-refractivity contribution is 6.01. The summed E-state index contributed by atoms with van der Waals surface area (Å²) >= 11 is 0. The van der Waals surface area contributed by atoms with E-state index in [2.05, 4.69) is 10.5 Å². The van der Waals surface area contributed by atoms with Gasteiger partial charge in [0.2, 0.25) is 5.75 Å². The van der Waals surface area contributed by atoms with Crippen LogP contribution < -0.4 is 24.3 Å². The summed E-state index contributed by atoms with van der Waals surface area (Å²) in [7, 11) is 6.19. The zero-order valence-electron chi connectivity index (χ0n) is 18.4. The molecule has 0 spiro atoms. The summed E-state index contributed by atoms with van der Waals surface area (Å²) in [6.45, 7) is 3.62. The van der Waals surface area contributed by atoms with E-state index >= 15 is 0 Å². The van der Waals surface area contributed by atoms with Crippen LogP contribution in [0.4, 0.5) is 0 Å². The fraction of sp³-hybridized carbons (Fsp3) is 0.304. The zero-order valence-corrected chi connectivity index (χ0v) is 18.4. The smallest absolute Gasteiger partial charge is 0.257 e. The molecule has 0 aliphatic rings. The van der Waals surface area contributed by atoms with Gasteiger partial charge in [-0.05, 0) is 43.7 Å². The van der Waals surface area contributed by atoms with Gasteiger partial charge in [-0.2, -0.15) is 0 Å². The van der Waals surface area contributed by atoms with Crippen molar-refractivity contribution in [2.24, 2.45) is 0 Å². The number of nitrogens with one attached hydrogen (secondary N) is 1. The van der Waals surface area contributed by atoms with E-state index < -0.39 is 0 Å². The van der Waals surface area contributed by atoms with E-state index in [1.165, 1.54) is 21.3 Å². The second-order valence-electron chi connectivity index (χ2n) is 6.85. The first-order valence-corrected chi connectivity index (χ1v) is 9.64. The lowest BCUT2D eigenvalue weighted by Crippen LogP contribution is -2.27. The second kappa shape index (κ2) is 9.42. The summed E-state index contributed by atoms with van der Waals surface area (Å²) in [6.07, 6.45) is 0. The first kappa shape index (κ1) is 22.0. The number of carbonyl (C=O) groups excluding carboxylic acids is 1. The van der Waals surface area contributed by atoms with Crippen LogP contribution in [0.5, 0.6) is 23.0 Å². The maximum Gasteiger partial charge on any atom is 0.257 e. The molecule has 0 saturated heterocycles. The van der Waals surface area contributed by atoms with Crippen LogP contribution in [0.2, 0.25) is 0 Å². The van der Waals surface area contributed by atoms with Crippen molar-refractivity contribution in [1.29, 1.82) is 0 Å². The van der Waals surface area contributed by atoms with E-state index in [9.17, 15) is 4.79 Å². The topological polar surface area (TPSA) is 92.1 Å². The number of rotatable bonds is 8. The Morgan fingerprint density at radius 1 is 0.968 bits per heavy atom. The summed E-state index contributed by atoms with van der Waals surface area (Å²) in [5.41, 5.74) is 2.34. The van der Waals surface area contributed by atoms with Crippen molar-refractivity contribution in [3.05, 3.63) is 53.2 Å². The molecule has 0 saturated carbocycles. The number of hydrogen-bond donors (Lipinski definition) is 1. The van der Waals surface area contributed by atoms with Gasteiger partial charge in [-0.25, -0.2) is 0 Å². The van der Waals surface area contributed by atoms with Crippen molar-refractivity contribution in [3.8, 4) is 34.3 Å². The van der Waals surface area contributed by atoms with Gasteiger partial charge >= 0.3 is 0 Å². The molecule has 3 aromatic rings. The highest BCUT2D eigenvalue weighted by atomic mass is 16.5. The summed E-state index contributed by atoms with van der Waals surface area (Å²) in [6, 6.07) is 10.7. The Bertz CT molecular complexity index is 1030. The maximum absolute atomic E-state index is 13.1. The highest BCUT2D eigenvalue weighted by Gasteiger charge is 2.25. The van der Waals surface area contributed by atoms with Gasteiger partial charge in [0.25, 0.3) is 5.91 Å². The molecule has 0 unspecified atom stereocenters. The molecule has 2 aromatic carbocycles. The summed E-state index contributed by atoms with van der Waals surface area (Å²) in [4.78, 5) is 13.1. The van der Waals surface area contributed by atoms with E-state index in [4.69, 9.17) is 23.5 Å². The van der Waals surface area contributed by atoms with Crippen molar-refractivity contribution in [2.45, 2.75) is 19.9 Å². The van der Waals surface area contributed by atoms with Gasteiger partial charge in [-0.15, -0.1) is 0 Å². The third-order valence-corrected chi connectivity index (χ3v) is 4.98. The predicted molar refractivity (Wildman–Crippen MR) is 115 cm³/mol. The van der Waals surface area contributed by atoms with Crippen molar-refractivity contribution in [2.75, 3.05) is 28.4 Å². The predicted octanol–water partition coefficient (Wildman–Crippen LogP) is 4.18. The molecule has 1 amide bonds. The van der Waals surface area contributed by atoms with Crippen LogP contribution in [0.15, 0.2) is 40.9 Å². The third kappa shape index (κ3) is 4.42. The molecule has 1 aromatic heterocycles. The number of aromatic nitrogens is 1. The number of amides is 1. The standard InChI is InChI=1S/C23H26N2O6/c1-13(15-7-9-17(27-3)10-8-15)24-23(26)20-14(2)25-31-21(20)16-11-18(28-4)22(30-6)19(12-16)29-5/h7-13H,1-6H3,(H,24,26)/t13-/m0/s1. The molecule has 0 fully saturated rings. The number of ether oxygens (including phenoxy) is 4. The molecule has 0 aliphatic heterocycles. The normalized spacial score (nSPS) is 11.5. The molecule has 31 heavy (non-hydrogen) atoms. The van der Waals surface area contributed by atoms with Crippen molar-refractivity contribution < 1.29 is 28.3 Å². The van der Waals surface area contributed by atoms with Gasteiger partial charge in [0.15, 0.2) is 17.3 Å². The molecular formula is C23H26N2O6. The van der Waals surface area contributed by atoms with Crippen LogP contribution in [0.25, 0.3) is 11.3 Å². The van der Waals surface area contributed by atoms with E-state index in [0.29, 0.717) is 39.8 Å². The van der Waals surface area contributed by atoms with E-state index in [-0.39, 0.29) is 11.9 Å². The Hall–Kier alpha value is -3.68. The van der Waals surface area contributed by atoms with Crippen molar-refractivity contribution in [1.82, 2.24) is 10.5 Å². The molecule has 164 valence electrons. The average Bonchev–Trinajstić information content (AvgIpc) is 3.19. The quantitative estimate of drug-likeness (QED) is 0.578. The van der Waals surface area contributed by atoms with Crippen LogP contribution in [0.1, 0.15) is 34.6 Å². The van der Waals surface area contributed by atoms with Gasteiger partial charge in [0.1, 0.15) is 11.3 Å². The van der Waals surface area contributed by atoms with E-state index in [0.717, 1.165) is 11.3 Å². The fourth-order valence-electron chi connectivity index (χ4n) is 3.29. The summed E-state index contributed by atoms with van der Waals surface area (Å²) < 4.78 is 26.9. The SMILES string of the molecule is COc1ccc([C@H](C)NC(=O)c2c(C)noc2-c2cc(OC)c(OC)c(OC)c2)cc1. The Morgan fingerprint density at radius 3 is 2.10 bits per heavy atom. The van der Waals surface area contributed by atoms with Gasteiger partial charge < -0.3 is 28.8 Å². The first-order valence-electron chi connectivity index (χ1n) is 9.64. The first-order chi connectivity index (χ1) is 14.9. The fourth-order valence-corrected chi connectivity index (χ4v) is 3.29. The molecular weight excluding hydrogens is 400 g/mol.